The summed E-state index contributed by atoms with van der Waals surface area (Å²) in [6.45, 7) is 8.90. The van der Waals surface area contributed by atoms with Gasteiger partial charge < -0.3 is 15.0 Å². The van der Waals surface area contributed by atoms with Crippen LogP contribution >= 0.6 is 0 Å². The standard InChI is InChI=1S/C23H32N4O3/c1-4-27-15-20(14-24-27)25-23(29)19-9-11-26(12-10-19)22(28)13-18-5-7-21(8-6-18)30-16-17(2)3/h5-8,14-15,17,19H,4,9-13,16H2,1-3H3,(H,25,29). The van der Waals surface area contributed by atoms with Crippen LogP contribution in [0.25, 0.3) is 0 Å². The van der Waals surface area contributed by atoms with Crippen LogP contribution in [0.1, 0.15) is 39.2 Å². The predicted molar refractivity (Wildman–Crippen MR) is 116 cm³/mol. The van der Waals surface area contributed by atoms with E-state index in [1.54, 1.807) is 10.9 Å². The van der Waals surface area contributed by atoms with E-state index in [1.807, 2.05) is 42.3 Å². The van der Waals surface area contributed by atoms with Gasteiger partial charge in [0.15, 0.2) is 0 Å². The minimum atomic E-state index is -0.0728. The number of aryl methyl sites for hydroxylation is 1. The van der Waals surface area contributed by atoms with E-state index in [9.17, 15) is 9.59 Å². The molecule has 2 heterocycles. The number of hydrogen-bond donors (Lipinski definition) is 1. The van der Waals surface area contributed by atoms with E-state index in [1.165, 1.54) is 0 Å². The number of hydrogen-bond acceptors (Lipinski definition) is 4. The molecule has 2 aromatic rings. The monoisotopic (exact) mass is 412 g/mol. The van der Waals surface area contributed by atoms with Gasteiger partial charge in [-0.25, -0.2) is 0 Å². The highest BCUT2D eigenvalue weighted by Gasteiger charge is 2.27. The van der Waals surface area contributed by atoms with Gasteiger partial charge in [0.2, 0.25) is 11.8 Å². The average Bonchev–Trinajstić information content (AvgIpc) is 3.20. The smallest absolute Gasteiger partial charge is 0.227 e. The van der Waals surface area contributed by atoms with Crippen molar-refractivity contribution in [3.05, 3.63) is 42.2 Å². The van der Waals surface area contributed by atoms with E-state index in [4.69, 9.17) is 4.74 Å². The van der Waals surface area contributed by atoms with Gasteiger partial charge in [-0.15, -0.1) is 0 Å². The molecule has 7 heteroatoms. The lowest BCUT2D eigenvalue weighted by molar-refractivity contribution is -0.133. The number of likely N-dealkylation sites (tertiary alicyclic amines) is 1. The molecule has 2 amide bonds. The van der Waals surface area contributed by atoms with Crippen molar-refractivity contribution in [2.24, 2.45) is 11.8 Å². The molecular formula is C23H32N4O3. The summed E-state index contributed by atoms with van der Waals surface area (Å²) in [5, 5.41) is 7.11. The average molecular weight is 413 g/mol. The minimum Gasteiger partial charge on any atom is -0.493 e. The highest BCUT2D eigenvalue weighted by atomic mass is 16.5. The van der Waals surface area contributed by atoms with Gasteiger partial charge in [-0.1, -0.05) is 26.0 Å². The molecule has 30 heavy (non-hydrogen) atoms. The Bertz CT molecular complexity index is 836. The zero-order valence-electron chi connectivity index (χ0n) is 18.1. The maximum atomic E-state index is 12.7. The van der Waals surface area contributed by atoms with Crippen molar-refractivity contribution in [3.8, 4) is 5.75 Å². The first-order valence-electron chi connectivity index (χ1n) is 10.8. The van der Waals surface area contributed by atoms with Crippen LogP contribution in [0, 0.1) is 11.8 Å². The summed E-state index contributed by atoms with van der Waals surface area (Å²) in [7, 11) is 0. The molecular weight excluding hydrogens is 380 g/mol. The molecule has 1 aromatic carbocycles. The number of carbonyl (C=O) groups excluding carboxylic acids is 2. The number of benzene rings is 1. The Labute approximate surface area is 178 Å². The van der Waals surface area contributed by atoms with Crippen LogP contribution in [-0.2, 0) is 22.6 Å². The minimum absolute atomic E-state index is 0.00902. The van der Waals surface area contributed by atoms with Crippen molar-refractivity contribution in [2.75, 3.05) is 25.0 Å². The molecule has 1 aliphatic rings. The highest BCUT2D eigenvalue weighted by Crippen LogP contribution is 2.21. The second kappa shape index (κ2) is 10.3. The predicted octanol–water partition coefficient (Wildman–Crippen LogP) is 3.36. The first kappa shape index (κ1) is 21.9. The lowest BCUT2D eigenvalue weighted by atomic mass is 9.95. The molecule has 0 aliphatic carbocycles. The highest BCUT2D eigenvalue weighted by molar-refractivity contribution is 5.92. The summed E-state index contributed by atoms with van der Waals surface area (Å²) in [6, 6.07) is 7.74. The van der Waals surface area contributed by atoms with Gasteiger partial charge in [0, 0.05) is 31.7 Å². The molecule has 0 unspecified atom stereocenters. The van der Waals surface area contributed by atoms with E-state index in [2.05, 4.69) is 24.3 Å². The number of rotatable bonds is 8. The molecule has 1 aliphatic heterocycles. The summed E-state index contributed by atoms with van der Waals surface area (Å²) >= 11 is 0. The van der Waals surface area contributed by atoms with Crippen molar-refractivity contribution in [2.45, 2.75) is 46.6 Å². The van der Waals surface area contributed by atoms with E-state index in [0.717, 1.165) is 23.5 Å². The van der Waals surface area contributed by atoms with Gasteiger partial charge in [-0.05, 0) is 43.4 Å². The summed E-state index contributed by atoms with van der Waals surface area (Å²) in [5.74, 6) is 1.35. The third-order valence-corrected chi connectivity index (χ3v) is 5.31. The SMILES string of the molecule is CCn1cc(NC(=O)C2CCN(C(=O)Cc3ccc(OCC(C)C)cc3)CC2)cn1. The normalized spacial score (nSPS) is 14.7. The lowest BCUT2D eigenvalue weighted by Crippen LogP contribution is -2.42. The Hall–Kier alpha value is -2.83. The quantitative estimate of drug-likeness (QED) is 0.721. The molecule has 7 nitrogen and oxygen atoms in total. The molecule has 3 rings (SSSR count). The second-order valence-electron chi connectivity index (χ2n) is 8.25. The largest absolute Gasteiger partial charge is 0.493 e. The molecule has 0 bridgehead atoms. The van der Waals surface area contributed by atoms with Crippen LogP contribution in [0.5, 0.6) is 5.75 Å². The zero-order valence-corrected chi connectivity index (χ0v) is 18.1. The Morgan fingerprint density at radius 3 is 2.50 bits per heavy atom. The van der Waals surface area contributed by atoms with Gasteiger partial charge in [-0.3, -0.25) is 14.3 Å². The number of nitrogens with zero attached hydrogens (tertiary/aromatic N) is 3. The Morgan fingerprint density at radius 1 is 1.20 bits per heavy atom. The van der Waals surface area contributed by atoms with Gasteiger partial charge in [-0.2, -0.15) is 5.10 Å². The molecule has 0 atom stereocenters. The molecule has 0 radical (unpaired) electrons. The molecule has 162 valence electrons. The van der Waals surface area contributed by atoms with Crippen LogP contribution in [0.3, 0.4) is 0 Å². The zero-order chi connectivity index (χ0) is 21.5. The Kier molecular flexibility index (Phi) is 7.49. The van der Waals surface area contributed by atoms with Gasteiger partial charge in [0.1, 0.15) is 5.75 Å². The number of amides is 2. The van der Waals surface area contributed by atoms with Gasteiger partial charge >= 0.3 is 0 Å². The third-order valence-electron chi connectivity index (χ3n) is 5.31. The first-order valence-corrected chi connectivity index (χ1v) is 10.8. The number of nitrogens with one attached hydrogen (secondary N) is 1. The van der Waals surface area contributed by atoms with Gasteiger partial charge in [0.05, 0.1) is 24.9 Å². The summed E-state index contributed by atoms with van der Waals surface area (Å²) in [6.07, 6.45) is 5.23. The van der Waals surface area contributed by atoms with Crippen molar-refractivity contribution < 1.29 is 14.3 Å². The lowest BCUT2D eigenvalue weighted by Gasteiger charge is -2.31. The van der Waals surface area contributed by atoms with Crippen LogP contribution in [0.4, 0.5) is 5.69 Å². The van der Waals surface area contributed by atoms with E-state index >= 15 is 0 Å². The topological polar surface area (TPSA) is 76.5 Å². The van der Waals surface area contributed by atoms with Crippen molar-refractivity contribution in [1.29, 1.82) is 0 Å². The molecule has 1 aromatic heterocycles. The number of ether oxygens (including phenoxy) is 1. The summed E-state index contributed by atoms with van der Waals surface area (Å²) in [5.41, 5.74) is 1.70. The maximum Gasteiger partial charge on any atom is 0.227 e. The maximum absolute atomic E-state index is 12.7. The number of carbonyl (C=O) groups is 2. The third kappa shape index (κ3) is 6.08. The molecule has 0 saturated carbocycles. The molecule has 1 saturated heterocycles. The fourth-order valence-electron chi connectivity index (χ4n) is 3.49. The second-order valence-corrected chi connectivity index (χ2v) is 8.25. The number of anilines is 1. The van der Waals surface area contributed by atoms with Crippen molar-refractivity contribution in [1.82, 2.24) is 14.7 Å². The molecule has 1 N–H and O–H groups in total. The van der Waals surface area contributed by atoms with Crippen LogP contribution in [-0.4, -0.2) is 46.2 Å². The Balaban J connectivity index is 1.44. The molecule has 0 spiro atoms. The first-order chi connectivity index (χ1) is 14.4. The summed E-state index contributed by atoms with van der Waals surface area (Å²) < 4.78 is 7.47. The number of piperidine rings is 1. The van der Waals surface area contributed by atoms with E-state index in [-0.39, 0.29) is 17.7 Å². The molecule has 1 fully saturated rings. The van der Waals surface area contributed by atoms with E-state index < -0.39 is 0 Å². The summed E-state index contributed by atoms with van der Waals surface area (Å²) in [4.78, 5) is 27.0. The van der Waals surface area contributed by atoms with E-state index in [0.29, 0.717) is 44.9 Å². The van der Waals surface area contributed by atoms with Crippen LogP contribution in [0.15, 0.2) is 36.7 Å². The van der Waals surface area contributed by atoms with Crippen molar-refractivity contribution >= 4 is 17.5 Å². The van der Waals surface area contributed by atoms with Crippen molar-refractivity contribution in [3.63, 3.8) is 0 Å². The fraction of sp³-hybridized carbons (Fsp3) is 0.522. The van der Waals surface area contributed by atoms with Crippen LogP contribution < -0.4 is 10.1 Å². The Morgan fingerprint density at radius 2 is 1.90 bits per heavy atom. The van der Waals surface area contributed by atoms with Crippen LogP contribution in [0.2, 0.25) is 0 Å². The van der Waals surface area contributed by atoms with Gasteiger partial charge in [0.25, 0.3) is 0 Å². The number of aromatic nitrogens is 2. The fourth-order valence-corrected chi connectivity index (χ4v) is 3.49.